The third-order valence-electron chi connectivity index (χ3n) is 3.88. The summed E-state index contributed by atoms with van der Waals surface area (Å²) in [6, 6.07) is 5.76. The van der Waals surface area contributed by atoms with Crippen LogP contribution in [0.4, 0.5) is 9.18 Å². The summed E-state index contributed by atoms with van der Waals surface area (Å²) in [7, 11) is 0. The number of amides is 2. The fraction of sp³-hybridized carbons (Fsp3) is 0.412. The number of urea groups is 1. The molecule has 1 fully saturated rings. The minimum atomic E-state index is -0.301. The van der Waals surface area contributed by atoms with Gasteiger partial charge in [-0.2, -0.15) is 0 Å². The number of carbonyl (C=O) groups is 1. The fourth-order valence-corrected chi connectivity index (χ4v) is 2.49. The van der Waals surface area contributed by atoms with Gasteiger partial charge in [0.1, 0.15) is 12.1 Å². The molecule has 3 rings (SSSR count). The second kappa shape index (κ2) is 7.92. The molecule has 1 atom stereocenters. The summed E-state index contributed by atoms with van der Waals surface area (Å²) in [5.41, 5.74) is 1.45. The Kier molecular flexibility index (Phi) is 5.43. The smallest absolute Gasteiger partial charge is 0.314 e. The van der Waals surface area contributed by atoms with Crippen LogP contribution in [-0.2, 0) is 11.2 Å². The van der Waals surface area contributed by atoms with Crippen LogP contribution >= 0.6 is 0 Å². The van der Waals surface area contributed by atoms with E-state index in [2.05, 4.69) is 15.6 Å². The second-order valence-corrected chi connectivity index (χ2v) is 5.77. The van der Waals surface area contributed by atoms with Crippen LogP contribution < -0.4 is 10.6 Å². The van der Waals surface area contributed by atoms with Crippen LogP contribution in [0.3, 0.4) is 0 Å². The number of rotatable bonds is 6. The summed E-state index contributed by atoms with van der Waals surface area (Å²) in [4.78, 5) is 16.0. The molecule has 24 heavy (non-hydrogen) atoms. The van der Waals surface area contributed by atoms with Crippen LogP contribution in [0.2, 0.25) is 0 Å². The van der Waals surface area contributed by atoms with Gasteiger partial charge in [0, 0.05) is 37.6 Å². The SMILES string of the molecule is O=C(NCCc1coc(-c2ccc(F)cc2)n1)NCC1CCOC1. The predicted octanol–water partition coefficient (Wildman–Crippen LogP) is 2.36. The molecule has 0 aliphatic carbocycles. The van der Waals surface area contributed by atoms with E-state index in [-0.39, 0.29) is 11.8 Å². The molecule has 1 saturated heterocycles. The molecular formula is C17H20FN3O3. The number of oxazole rings is 1. The summed E-state index contributed by atoms with van der Waals surface area (Å²) in [6.45, 7) is 2.58. The van der Waals surface area contributed by atoms with Gasteiger partial charge >= 0.3 is 6.03 Å². The van der Waals surface area contributed by atoms with Crippen molar-refractivity contribution in [1.82, 2.24) is 15.6 Å². The average molecular weight is 333 g/mol. The highest BCUT2D eigenvalue weighted by Crippen LogP contribution is 2.19. The number of halogens is 1. The van der Waals surface area contributed by atoms with Crippen molar-refractivity contribution in [2.45, 2.75) is 12.8 Å². The standard InChI is InChI=1S/C17H20FN3O3/c18-14-3-1-13(2-4-14)16-21-15(11-24-16)5-7-19-17(22)20-9-12-6-8-23-10-12/h1-4,11-12H,5-10H2,(H2,19,20,22). The van der Waals surface area contributed by atoms with Crippen LogP contribution in [0.1, 0.15) is 12.1 Å². The van der Waals surface area contributed by atoms with E-state index >= 15 is 0 Å². The van der Waals surface area contributed by atoms with Gasteiger partial charge in [-0.3, -0.25) is 0 Å². The third kappa shape index (κ3) is 4.55. The maximum atomic E-state index is 12.9. The molecule has 7 heteroatoms. The van der Waals surface area contributed by atoms with E-state index in [1.165, 1.54) is 12.1 Å². The lowest BCUT2D eigenvalue weighted by Gasteiger charge is -2.10. The number of carbonyl (C=O) groups excluding carboxylic acids is 1. The highest BCUT2D eigenvalue weighted by molar-refractivity contribution is 5.73. The lowest BCUT2D eigenvalue weighted by molar-refractivity contribution is 0.185. The maximum absolute atomic E-state index is 12.9. The molecule has 0 spiro atoms. The van der Waals surface area contributed by atoms with Crippen molar-refractivity contribution < 1.29 is 18.3 Å². The highest BCUT2D eigenvalue weighted by Gasteiger charge is 2.16. The minimum Gasteiger partial charge on any atom is -0.444 e. The van der Waals surface area contributed by atoms with Gasteiger partial charge in [0.05, 0.1) is 12.3 Å². The molecule has 1 aliphatic rings. The summed E-state index contributed by atoms with van der Waals surface area (Å²) in [5.74, 6) is 0.546. The first-order valence-corrected chi connectivity index (χ1v) is 8.00. The number of ether oxygens (including phenoxy) is 1. The Bertz CT molecular complexity index is 666. The van der Waals surface area contributed by atoms with Crippen molar-refractivity contribution in [3.8, 4) is 11.5 Å². The van der Waals surface area contributed by atoms with Gasteiger partial charge in [-0.1, -0.05) is 0 Å². The van der Waals surface area contributed by atoms with Crippen molar-refractivity contribution in [2.24, 2.45) is 5.92 Å². The summed E-state index contributed by atoms with van der Waals surface area (Å²) in [6.07, 6.45) is 3.10. The van der Waals surface area contributed by atoms with E-state index in [1.54, 1.807) is 18.4 Å². The first-order chi connectivity index (χ1) is 11.7. The average Bonchev–Trinajstić information content (AvgIpc) is 3.25. The van der Waals surface area contributed by atoms with Crippen molar-refractivity contribution in [3.05, 3.63) is 42.0 Å². The maximum Gasteiger partial charge on any atom is 0.314 e. The Hall–Kier alpha value is -2.41. The van der Waals surface area contributed by atoms with Crippen molar-refractivity contribution in [3.63, 3.8) is 0 Å². The Labute approximate surface area is 139 Å². The molecule has 1 aromatic carbocycles. The Morgan fingerprint density at radius 2 is 2.12 bits per heavy atom. The van der Waals surface area contributed by atoms with Gasteiger partial charge in [-0.15, -0.1) is 0 Å². The van der Waals surface area contributed by atoms with Crippen molar-refractivity contribution in [2.75, 3.05) is 26.3 Å². The minimum absolute atomic E-state index is 0.191. The molecule has 1 unspecified atom stereocenters. The predicted molar refractivity (Wildman–Crippen MR) is 85.9 cm³/mol. The van der Waals surface area contributed by atoms with Gasteiger partial charge in [0.15, 0.2) is 0 Å². The molecule has 0 radical (unpaired) electrons. The van der Waals surface area contributed by atoms with Crippen LogP contribution in [0.25, 0.3) is 11.5 Å². The molecule has 0 saturated carbocycles. The molecule has 6 nitrogen and oxygen atoms in total. The van der Waals surface area contributed by atoms with Crippen LogP contribution in [0, 0.1) is 11.7 Å². The first kappa shape index (κ1) is 16.4. The summed E-state index contributed by atoms with van der Waals surface area (Å²) in [5, 5.41) is 5.63. The Morgan fingerprint density at radius 3 is 2.88 bits per heavy atom. The topological polar surface area (TPSA) is 76.4 Å². The van der Waals surface area contributed by atoms with Gasteiger partial charge in [0.2, 0.25) is 5.89 Å². The number of benzene rings is 1. The van der Waals surface area contributed by atoms with Crippen molar-refractivity contribution >= 4 is 6.03 Å². The number of nitrogens with zero attached hydrogens (tertiary/aromatic N) is 1. The van der Waals surface area contributed by atoms with Crippen LogP contribution in [-0.4, -0.2) is 37.3 Å². The largest absolute Gasteiger partial charge is 0.444 e. The lowest BCUT2D eigenvalue weighted by atomic mass is 10.1. The molecule has 2 amide bonds. The monoisotopic (exact) mass is 333 g/mol. The number of hydrogen-bond donors (Lipinski definition) is 2. The van der Waals surface area contributed by atoms with E-state index in [1.807, 2.05) is 0 Å². The Morgan fingerprint density at radius 1 is 1.29 bits per heavy atom. The van der Waals surface area contributed by atoms with E-state index in [9.17, 15) is 9.18 Å². The van der Waals surface area contributed by atoms with Gasteiger partial charge in [-0.25, -0.2) is 14.2 Å². The number of nitrogens with one attached hydrogen (secondary N) is 2. The third-order valence-corrected chi connectivity index (χ3v) is 3.88. The second-order valence-electron chi connectivity index (χ2n) is 5.77. The highest BCUT2D eigenvalue weighted by atomic mass is 19.1. The van der Waals surface area contributed by atoms with Crippen molar-refractivity contribution in [1.29, 1.82) is 0 Å². The number of aromatic nitrogens is 1. The first-order valence-electron chi connectivity index (χ1n) is 8.00. The van der Waals surface area contributed by atoms with E-state index in [0.717, 1.165) is 18.7 Å². The molecule has 1 aliphatic heterocycles. The zero-order valence-electron chi connectivity index (χ0n) is 13.3. The Balaban J connectivity index is 1.40. The molecular weight excluding hydrogens is 313 g/mol. The summed E-state index contributed by atoms with van der Waals surface area (Å²) >= 11 is 0. The van der Waals surface area contributed by atoms with Crippen LogP contribution in [0.15, 0.2) is 34.9 Å². The molecule has 2 N–H and O–H groups in total. The molecule has 128 valence electrons. The zero-order chi connectivity index (χ0) is 16.8. The van der Waals surface area contributed by atoms with Gasteiger partial charge < -0.3 is 19.8 Å². The van der Waals surface area contributed by atoms with E-state index in [4.69, 9.17) is 9.15 Å². The molecule has 2 heterocycles. The fourth-order valence-electron chi connectivity index (χ4n) is 2.49. The molecule has 1 aromatic heterocycles. The van der Waals surface area contributed by atoms with E-state index < -0.39 is 0 Å². The molecule has 2 aromatic rings. The van der Waals surface area contributed by atoms with E-state index in [0.29, 0.717) is 43.5 Å². The van der Waals surface area contributed by atoms with Gasteiger partial charge in [0.25, 0.3) is 0 Å². The lowest BCUT2D eigenvalue weighted by Crippen LogP contribution is -2.39. The number of hydrogen-bond acceptors (Lipinski definition) is 4. The van der Waals surface area contributed by atoms with Gasteiger partial charge in [-0.05, 0) is 30.7 Å². The molecule has 0 bridgehead atoms. The zero-order valence-corrected chi connectivity index (χ0v) is 13.3. The quantitative estimate of drug-likeness (QED) is 0.851. The summed E-state index contributed by atoms with van der Waals surface area (Å²) < 4.78 is 23.6. The normalized spacial score (nSPS) is 17.0. The van der Waals surface area contributed by atoms with Crippen LogP contribution in [0.5, 0.6) is 0 Å².